The molecule has 3 aromatic rings. The van der Waals surface area contributed by atoms with Gasteiger partial charge in [0.2, 0.25) is 5.88 Å². The molecule has 0 atom stereocenters. The molecule has 1 saturated heterocycles. The normalized spacial score (nSPS) is 14.6. The second-order valence-corrected chi connectivity index (χ2v) is 8.18. The monoisotopic (exact) mass is 518 g/mol. The first-order chi connectivity index (χ1) is 14.4. The number of hydrogen-bond donors (Lipinski definition) is 3. The molecule has 2 aromatic carbocycles. The van der Waals surface area contributed by atoms with Crippen molar-refractivity contribution in [1.29, 1.82) is 0 Å². The van der Waals surface area contributed by atoms with Gasteiger partial charge in [0.1, 0.15) is 0 Å². The maximum Gasteiger partial charge on any atom is 0.407 e. The zero-order valence-electron chi connectivity index (χ0n) is 15.9. The van der Waals surface area contributed by atoms with Gasteiger partial charge in [-0.1, -0.05) is 0 Å². The molecule has 0 spiro atoms. The Kier molecular flexibility index (Phi) is 5.62. The molecule has 0 unspecified atom stereocenters. The van der Waals surface area contributed by atoms with E-state index >= 15 is 0 Å². The lowest BCUT2D eigenvalue weighted by Crippen LogP contribution is -2.48. The van der Waals surface area contributed by atoms with Crippen molar-refractivity contribution < 1.29 is 15.0 Å². The third kappa shape index (κ3) is 4.11. The highest BCUT2D eigenvalue weighted by molar-refractivity contribution is 14.1. The van der Waals surface area contributed by atoms with Crippen LogP contribution < -0.4 is 10.5 Å². The average Bonchev–Trinajstić information content (AvgIpc) is 2.74. The number of carbonyl (C=O) groups is 1. The quantitative estimate of drug-likeness (QED) is 0.364. The summed E-state index contributed by atoms with van der Waals surface area (Å²) in [7, 11) is 0. The molecule has 154 valence electrons. The number of nitrogens with zero attached hydrogens (tertiary/aromatic N) is 3. The van der Waals surface area contributed by atoms with Crippen LogP contribution in [0.25, 0.3) is 10.8 Å². The fraction of sp³-hybridized carbons (Fsp3) is 0.190. The van der Waals surface area contributed by atoms with E-state index in [0.717, 1.165) is 9.26 Å². The predicted octanol–water partition coefficient (Wildman–Crippen LogP) is 3.39. The van der Waals surface area contributed by atoms with Crippen LogP contribution in [0.1, 0.15) is 5.56 Å². The first kappa shape index (κ1) is 20.2. The van der Waals surface area contributed by atoms with E-state index in [9.17, 15) is 14.7 Å². The van der Waals surface area contributed by atoms with Crippen molar-refractivity contribution in [1.82, 2.24) is 9.88 Å². The van der Waals surface area contributed by atoms with E-state index in [1.54, 1.807) is 12.3 Å². The molecule has 8 nitrogen and oxygen atoms in total. The number of H-pyrrole nitrogens is 1. The molecule has 1 amide bonds. The van der Waals surface area contributed by atoms with Gasteiger partial charge in [-0.25, -0.2) is 4.79 Å². The van der Waals surface area contributed by atoms with Gasteiger partial charge in [0.25, 0.3) is 5.56 Å². The number of piperazine rings is 1. The van der Waals surface area contributed by atoms with Crippen LogP contribution >= 0.6 is 22.6 Å². The smallest absolute Gasteiger partial charge is 0.407 e. The van der Waals surface area contributed by atoms with Crippen LogP contribution in [0, 0.1) is 3.57 Å². The number of rotatable bonds is 3. The number of hydrogen-bond acceptors (Lipinski definition) is 5. The van der Waals surface area contributed by atoms with Gasteiger partial charge >= 0.3 is 6.09 Å². The van der Waals surface area contributed by atoms with Gasteiger partial charge in [-0.3, -0.25) is 14.8 Å². The molecule has 4 rings (SSSR count). The van der Waals surface area contributed by atoms with E-state index in [1.807, 2.05) is 36.4 Å². The van der Waals surface area contributed by atoms with Gasteiger partial charge in [-0.15, -0.1) is 0 Å². The highest BCUT2D eigenvalue weighted by Gasteiger charge is 2.20. The van der Waals surface area contributed by atoms with E-state index in [0.29, 0.717) is 48.2 Å². The molecular weight excluding hydrogens is 499 g/mol. The minimum atomic E-state index is -0.882. The summed E-state index contributed by atoms with van der Waals surface area (Å²) in [6, 6.07) is 13.0. The number of carboxylic acid groups (broad SMARTS) is 1. The minimum Gasteiger partial charge on any atom is -0.494 e. The average molecular weight is 518 g/mol. The number of halogens is 1. The lowest BCUT2D eigenvalue weighted by atomic mass is 10.1. The van der Waals surface area contributed by atoms with Gasteiger partial charge < -0.3 is 20.0 Å². The van der Waals surface area contributed by atoms with Crippen LogP contribution in [0.5, 0.6) is 5.88 Å². The van der Waals surface area contributed by atoms with E-state index in [1.165, 1.54) is 4.90 Å². The van der Waals surface area contributed by atoms with Crippen molar-refractivity contribution in [3.63, 3.8) is 0 Å². The van der Waals surface area contributed by atoms with Gasteiger partial charge in [0, 0.05) is 52.4 Å². The van der Waals surface area contributed by atoms with E-state index in [2.05, 4.69) is 37.5 Å². The number of aromatic nitrogens is 1. The summed E-state index contributed by atoms with van der Waals surface area (Å²) in [5.41, 5.74) is 1.82. The van der Waals surface area contributed by atoms with Gasteiger partial charge in [0.15, 0.2) is 0 Å². The standard InChI is InChI=1S/C21H19IN4O4/c22-13-1-6-16-17(11-13)18(20(28)24-19(16)27)12-23-14-2-4-15(5-3-14)25-7-9-26(10-8-25)21(29)30/h1-6,11-12H,7-10H2,(H,29,30)(H2,24,27,28). The van der Waals surface area contributed by atoms with E-state index in [-0.39, 0.29) is 11.4 Å². The summed E-state index contributed by atoms with van der Waals surface area (Å²) >= 11 is 2.16. The molecule has 3 N–H and O–H groups in total. The number of pyridine rings is 1. The Bertz CT molecular complexity index is 1180. The van der Waals surface area contributed by atoms with E-state index in [4.69, 9.17) is 5.11 Å². The largest absolute Gasteiger partial charge is 0.494 e. The van der Waals surface area contributed by atoms with Crippen LogP contribution in [0.4, 0.5) is 16.2 Å². The molecule has 9 heteroatoms. The Morgan fingerprint density at radius 2 is 1.77 bits per heavy atom. The predicted molar refractivity (Wildman–Crippen MR) is 124 cm³/mol. The topological polar surface area (TPSA) is 109 Å². The Labute approximate surface area is 185 Å². The number of aromatic hydroxyl groups is 1. The molecule has 0 saturated carbocycles. The number of fused-ring (bicyclic) bond motifs is 1. The fourth-order valence-electron chi connectivity index (χ4n) is 3.48. The first-order valence-electron chi connectivity index (χ1n) is 9.34. The van der Waals surface area contributed by atoms with Crippen LogP contribution in [-0.2, 0) is 0 Å². The van der Waals surface area contributed by atoms with Gasteiger partial charge in [-0.05, 0) is 65.1 Å². The van der Waals surface area contributed by atoms with Crippen molar-refractivity contribution in [3.8, 4) is 5.88 Å². The third-order valence-corrected chi connectivity index (χ3v) is 5.78. The SMILES string of the molecule is O=C(O)N1CCN(c2ccc(N=Cc3c(O)[nH]c(=O)c4ccc(I)cc34)cc2)CC1. The molecule has 1 aliphatic heterocycles. The van der Waals surface area contributed by atoms with Crippen LogP contribution in [0.3, 0.4) is 0 Å². The maximum absolute atomic E-state index is 12.1. The van der Waals surface area contributed by atoms with E-state index < -0.39 is 6.09 Å². The summed E-state index contributed by atoms with van der Waals surface area (Å²) < 4.78 is 0.951. The van der Waals surface area contributed by atoms with Crippen LogP contribution in [-0.4, -0.2) is 58.6 Å². The highest BCUT2D eigenvalue weighted by atomic mass is 127. The molecular formula is C21H19IN4O4. The lowest BCUT2D eigenvalue weighted by Gasteiger charge is -2.34. The minimum absolute atomic E-state index is 0.217. The molecule has 1 fully saturated rings. The third-order valence-electron chi connectivity index (χ3n) is 5.11. The van der Waals surface area contributed by atoms with Crippen LogP contribution in [0.2, 0.25) is 0 Å². The van der Waals surface area contributed by atoms with Crippen molar-refractivity contribution >= 4 is 57.0 Å². The Balaban J connectivity index is 1.55. The first-order valence-corrected chi connectivity index (χ1v) is 10.4. The second-order valence-electron chi connectivity index (χ2n) is 6.94. The maximum atomic E-state index is 12.1. The second kappa shape index (κ2) is 8.34. The summed E-state index contributed by atoms with van der Waals surface area (Å²) in [4.78, 5) is 33.6. The van der Waals surface area contributed by atoms with Crippen molar-refractivity contribution in [2.24, 2.45) is 4.99 Å². The highest BCUT2D eigenvalue weighted by Crippen LogP contribution is 2.25. The summed E-state index contributed by atoms with van der Waals surface area (Å²) in [5, 5.41) is 20.4. The number of benzene rings is 2. The number of nitrogens with one attached hydrogen (secondary N) is 1. The zero-order valence-corrected chi connectivity index (χ0v) is 18.0. The lowest BCUT2D eigenvalue weighted by molar-refractivity contribution is 0.142. The van der Waals surface area contributed by atoms with Crippen molar-refractivity contribution in [2.45, 2.75) is 0 Å². The number of anilines is 1. The number of amides is 1. The molecule has 0 bridgehead atoms. The fourth-order valence-corrected chi connectivity index (χ4v) is 3.97. The molecule has 1 aromatic heterocycles. The molecule has 0 aliphatic carbocycles. The Morgan fingerprint density at radius 1 is 1.07 bits per heavy atom. The Hall–Kier alpha value is -3.08. The van der Waals surface area contributed by atoms with Crippen molar-refractivity contribution in [2.75, 3.05) is 31.1 Å². The number of aliphatic imine (C=N–C) groups is 1. The number of aromatic amines is 1. The van der Waals surface area contributed by atoms with Gasteiger partial charge in [0.05, 0.1) is 11.3 Å². The van der Waals surface area contributed by atoms with Gasteiger partial charge in [-0.2, -0.15) is 0 Å². The molecule has 0 radical (unpaired) electrons. The van der Waals surface area contributed by atoms with Crippen molar-refractivity contribution in [3.05, 3.63) is 62.0 Å². The summed E-state index contributed by atoms with van der Waals surface area (Å²) in [6.07, 6.45) is 0.664. The molecule has 1 aliphatic rings. The summed E-state index contributed by atoms with van der Waals surface area (Å²) in [5.74, 6) is -0.217. The molecule has 2 heterocycles. The summed E-state index contributed by atoms with van der Waals surface area (Å²) in [6.45, 7) is 2.24. The molecule has 30 heavy (non-hydrogen) atoms. The van der Waals surface area contributed by atoms with Crippen LogP contribution in [0.15, 0.2) is 52.3 Å². The Morgan fingerprint density at radius 3 is 2.43 bits per heavy atom. The zero-order chi connectivity index (χ0) is 21.3.